The number of carbonyl (C=O) groups excluding carboxylic acids is 1. The average Bonchev–Trinajstić information content (AvgIpc) is 2.75. The van der Waals surface area contributed by atoms with Crippen molar-refractivity contribution >= 4 is 11.6 Å². The van der Waals surface area contributed by atoms with Gasteiger partial charge in [0.15, 0.2) is 18.1 Å². The molecular formula is C24H26N2O3. The number of nitrogens with one attached hydrogen (secondary N) is 2. The zero-order chi connectivity index (χ0) is 20.3. The third kappa shape index (κ3) is 6.66. The van der Waals surface area contributed by atoms with Crippen LogP contribution in [0.2, 0.25) is 0 Å². The molecule has 1 amide bonds. The van der Waals surface area contributed by atoms with E-state index in [1.54, 1.807) is 0 Å². The van der Waals surface area contributed by atoms with Crippen LogP contribution in [0.4, 0.5) is 5.69 Å². The van der Waals surface area contributed by atoms with Crippen LogP contribution in [0.25, 0.3) is 0 Å². The molecule has 0 fully saturated rings. The van der Waals surface area contributed by atoms with E-state index in [1.165, 1.54) is 5.56 Å². The molecule has 0 aliphatic heterocycles. The van der Waals surface area contributed by atoms with Crippen LogP contribution >= 0.6 is 0 Å². The fraction of sp³-hybridized carbons (Fsp3) is 0.208. The van der Waals surface area contributed by atoms with Gasteiger partial charge in [-0.1, -0.05) is 54.6 Å². The molecule has 3 aromatic rings. The van der Waals surface area contributed by atoms with Crippen molar-refractivity contribution in [3.63, 3.8) is 0 Å². The molecule has 5 nitrogen and oxygen atoms in total. The van der Waals surface area contributed by atoms with Crippen LogP contribution in [0, 0.1) is 0 Å². The number of ether oxygens (including phenoxy) is 2. The number of para-hydroxylation sites is 1. The molecule has 0 aliphatic rings. The van der Waals surface area contributed by atoms with Crippen LogP contribution in [0.1, 0.15) is 18.1 Å². The molecule has 0 atom stereocenters. The Kier molecular flexibility index (Phi) is 7.66. The predicted molar refractivity (Wildman–Crippen MR) is 115 cm³/mol. The van der Waals surface area contributed by atoms with Crippen LogP contribution < -0.4 is 20.1 Å². The van der Waals surface area contributed by atoms with Gasteiger partial charge < -0.3 is 20.1 Å². The first-order valence-electron chi connectivity index (χ1n) is 9.72. The number of carbonyl (C=O) groups is 1. The highest BCUT2D eigenvalue weighted by atomic mass is 16.5. The van der Waals surface area contributed by atoms with E-state index in [4.69, 9.17) is 9.47 Å². The number of hydrogen-bond acceptors (Lipinski definition) is 4. The molecule has 0 saturated heterocycles. The van der Waals surface area contributed by atoms with Gasteiger partial charge in [-0.25, -0.2) is 0 Å². The summed E-state index contributed by atoms with van der Waals surface area (Å²) in [5.41, 5.74) is 3.07. The largest absolute Gasteiger partial charge is 0.490 e. The quantitative estimate of drug-likeness (QED) is 0.539. The Labute approximate surface area is 171 Å². The first kappa shape index (κ1) is 20.4. The molecule has 3 rings (SSSR count). The molecule has 0 spiro atoms. The van der Waals surface area contributed by atoms with Gasteiger partial charge in [0.05, 0.1) is 6.61 Å². The van der Waals surface area contributed by atoms with Crippen LogP contribution in [-0.2, 0) is 17.9 Å². The van der Waals surface area contributed by atoms with Crippen LogP contribution in [0.3, 0.4) is 0 Å². The number of amides is 1. The SMILES string of the molecule is CCOc1cc(CNCc2ccccc2)ccc1OCC(=O)Nc1ccccc1. The van der Waals surface area contributed by atoms with Crippen LogP contribution in [-0.4, -0.2) is 19.1 Å². The molecule has 29 heavy (non-hydrogen) atoms. The summed E-state index contributed by atoms with van der Waals surface area (Å²) in [4.78, 5) is 12.1. The molecule has 0 aromatic heterocycles. The first-order valence-corrected chi connectivity index (χ1v) is 9.72. The molecule has 5 heteroatoms. The van der Waals surface area contributed by atoms with Crippen LogP contribution in [0.5, 0.6) is 11.5 Å². The molecule has 150 valence electrons. The van der Waals surface area contributed by atoms with Crippen molar-refractivity contribution in [2.24, 2.45) is 0 Å². The van der Waals surface area contributed by atoms with Crippen molar-refractivity contribution in [1.29, 1.82) is 0 Å². The van der Waals surface area contributed by atoms with Gasteiger partial charge in [-0.15, -0.1) is 0 Å². The zero-order valence-corrected chi connectivity index (χ0v) is 16.6. The summed E-state index contributed by atoms with van der Waals surface area (Å²) in [5.74, 6) is 0.980. The van der Waals surface area contributed by atoms with E-state index in [2.05, 4.69) is 22.8 Å². The Hall–Kier alpha value is -3.31. The van der Waals surface area contributed by atoms with Crippen LogP contribution in [0.15, 0.2) is 78.9 Å². The molecule has 0 bridgehead atoms. The van der Waals surface area contributed by atoms with Gasteiger partial charge in [-0.3, -0.25) is 4.79 Å². The first-order chi connectivity index (χ1) is 14.2. The summed E-state index contributed by atoms with van der Waals surface area (Å²) in [6.45, 7) is 3.87. The van der Waals surface area contributed by atoms with E-state index >= 15 is 0 Å². The Morgan fingerprint density at radius 1 is 0.793 bits per heavy atom. The molecule has 3 aromatic carbocycles. The monoisotopic (exact) mass is 390 g/mol. The minimum absolute atomic E-state index is 0.0828. The van der Waals surface area contributed by atoms with Gasteiger partial charge in [-0.05, 0) is 42.3 Å². The van der Waals surface area contributed by atoms with Gasteiger partial charge in [0.2, 0.25) is 0 Å². The summed E-state index contributed by atoms with van der Waals surface area (Å²) in [6, 6.07) is 25.3. The second-order valence-corrected chi connectivity index (χ2v) is 6.51. The van der Waals surface area contributed by atoms with E-state index in [0.717, 1.165) is 17.8 Å². The normalized spacial score (nSPS) is 10.4. The van der Waals surface area contributed by atoms with Crippen molar-refractivity contribution in [1.82, 2.24) is 5.32 Å². The number of hydrogen-bond donors (Lipinski definition) is 2. The number of benzene rings is 3. The predicted octanol–water partition coefficient (Wildman–Crippen LogP) is 4.39. The molecule has 0 unspecified atom stereocenters. The number of anilines is 1. The maximum atomic E-state index is 12.1. The minimum atomic E-state index is -0.216. The fourth-order valence-corrected chi connectivity index (χ4v) is 2.86. The molecule has 0 radical (unpaired) electrons. The van der Waals surface area contributed by atoms with Gasteiger partial charge in [-0.2, -0.15) is 0 Å². The zero-order valence-electron chi connectivity index (χ0n) is 16.6. The average molecular weight is 390 g/mol. The fourth-order valence-electron chi connectivity index (χ4n) is 2.86. The molecule has 0 saturated carbocycles. The van der Waals surface area contributed by atoms with Crippen molar-refractivity contribution in [2.75, 3.05) is 18.5 Å². The lowest BCUT2D eigenvalue weighted by atomic mass is 10.2. The van der Waals surface area contributed by atoms with Gasteiger partial charge in [0.1, 0.15) is 0 Å². The van der Waals surface area contributed by atoms with E-state index in [-0.39, 0.29) is 12.5 Å². The Morgan fingerprint density at radius 2 is 1.48 bits per heavy atom. The van der Waals surface area contributed by atoms with Crippen molar-refractivity contribution < 1.29 is 14.3 Å². The Bertz CT molecular complexity index is 899. The summed E-state index contributed by atoms with van der Waals surface area (Å²) in [5, 5.41) is 6.23. The Morgan fingerprint density at radius 3 is 2.21 bits per heavy atom. The van der Waals surface area contributed by atoms with E-state index in [1.807, 2.05) is 73.7 Å². The smallest absolute Gasteiger partial charge is 0.262 e. The van der Waals surface area contributed by atoms with Crippen molar-refractivity contribution in [2.45, 2.75) is 20.0 Å². The maximum absolute atomic E-state index is 12.1. The Balaban J connectivity index is 1.55. The summed E-state index contributed by atoms with van der Waals surface area (Å²) in [6.07, 6.45) is 0. The van der Waals surface area contributed by atoms with E-state index in [0.29, 0.717) is 24.7 Å². The highest BCUT2D eigenvalue weighted by Gasteiger charge is 2.10. The molecule has 0 aliphatic carbocycles. The lowest BCUT2D eigenvalue weighted by Gasteiger charge is -2.14. The second kappa shape index (κ2) is 10.9. The van der Waals surface area contributed by atoms with E-state index in [9.17, 15) is 4.79 Å². The lowest BCUT2D eigenvalue weighted by Crippen LogP contribution is -2.20. The number of rotatable bonds is 10. The summed E-state index contributed by atoms with van der Waals surface area (Å²) in [7, 11) is 0. The molecule has 0 heterocycles. The molecule has 2 N–H and O–H groups in total. The maximum Gasteiger partial charge on any atom is 0.262 e. The van der Waals surface area contributed by atoms with Gasteiger partial charge in [0, 0.05) is 18.8 Å². The molecular weight excluding hydrogens is 364 g/mol. The summed E-state index contributed by atoms with van der Waals surface area (Å²) >= 11 is 0. The van der Waals surface area contributed by atoms with Gasteiger partial charge >= 0.3 is 0 Å². The van der Waals surface area contributed by atoms with Crippen molar-refractivity contribution in [3.8, 4) is 11.5 Å². The third-order valence-corrected chi connectivity index (χ3v) is 4.23. The third-order valence-electron chi connectivity index (χ3n) is 4.23. The minimum Gasteiger partial charge on any atom is -0.490 e. The van der Waals surface area contributed by atoms with Gasteiger partial charge in [0.25, 0.3) is 5.91 Å². The van der Waals surface area contributed by atoms with E-state index < -0.39 is 0 Å². The standard InChI is InChI=1S/C24H26N2O3/c1-2-28-23-15-20(17-25-16-19-9-5-3-6-10-19)13-14-22(23)29-18-24(27)26-21-11-7-4-8-12-21/h3-15,25H,2,16-18H2,1H3,(H,26,27). The summed E-state index contributed by atoms with van der Waals surface area (Å²) < 4.78 is 11.4. The lowest BCUT2D eigenvalue weighted by molar-refractivity contribution is -0.118. The highest BCUT2D eigenvalue weighted by molar-refractivity contribution is 5.91. The second-order valence-electron chi connectivity index (χ2n) is 6.51. The van der Waals surface area contributed by atoms with Crippen molar-refractivity contribution in [3.05, 3.63) is 90.0 Å². The highest BCUT2D eigenvalue weighted by Crippen LogP contribution is 2.28. The topological polar surface area (TPSA) is 59.6 Å².